The van der Waals surface area contributed by atoms with Gasteiger partial charge >= 0.3 is 0 Å². The molecule has 0 N–H and O–H groups in total. The van der Waals surface area contributed by atoms with Gasteiger partial charge in [-0.2, -0.15) is 5.26 Å². The van der Waals surface area contributed by atoms with Crippen molar-refractivity contribution in [2.45, 2.75) is 20.0 Å². The number of halogens is 1. The number of benzene rings is 1. The fourth-order valence-corrected chi connectivity index (χ4v) is 2.08. The number of nitrogens with zero attached hydrogens (tertiary/aromatic N) is 3. The third kappa shape index (κ3) is 3.62. The maximum atomic E-state index is 13.7. The summed E-state index contributed by atoms with van der Waals surface area (Å²) in [4.78, 5) is 6.40. The Balaban J connectivity index is 2.08. The van der Waals surface area contributed by atoms with Crippen molar-refractivity contribution < 1.29 is 4.39 Å². The van der Waals surface area contributed by atoms with Crippen molar-refractivity contribution >= 4 is 0 Å². The number of aromatic nitrogens is 1. The van der Waals surface area contributed by atoms with E-state index < -0.39 is 0 Å². The van der Waals surface area contributed by atoms with Crippen LogP contribution in [0.4, 0.5) is 4.39 Å². The van der Waals surface area contributed by atoms with E-state index in [1.807, 2.05) is 43.1 Å². The minimum atomic E-state index is -0.284. The van der Waals surface area contributed by atoms with Gasteiger partial charge in [-0.1, -0.05) is 6.07 Å². The maximum absolute atomic E-state index is 13.7. The first kappa shape index (κ1) is 14.2. The molecule has 0 spiro atoms. The van der Waals surface area contributed by atoms with E-state index in [0.29, 0.717) is 24.2 Å². The Hall–Kier alpha value is -2.25. The maximum Gasteiger partial charge on any atom is 0.127 e. The first-order chi connectivity index (χ1) is 9.58. The fourth-order valence-electron chi connectivity index (χ4n) is 2.08. The Bertz CT molecular complexity index is 646. The molecule has 2 rings (SSSR count). The van der Waals surface area contributed by atoms with Crippen LogP contribution in [0, 0.1) is 24.1 Å². The summed E-state index contributed by atoms with van der Waals surface area (Å²) in [6, 6.07) is 12.3. The predicted molar refractivity (Wildman–Crippen MR) is 75.3 cm³/mol. The Morgan fingerprint density at radius 3 is 2.75 bits per heavy atom. The Labute approximate surface area is 118 Å². The lowest BCUT2D eigenvalue weighted by Gasteiger charge is -2.17. The van der Waals surface area contributed by atoms with Gasteiger partial charge in [-0.15, -0.1) is 0 Å². The summed E-state index contributed by atoms with van der Waals surface area (Å²) in [7, 11) is 1.91. The molecule has 0 aliphatic carbocycles. The van der Waals surface area contributed by atoms with Gasteiger partial charge in [0.25, 0.3) is 0 Å². The summed E-state index contributed by atoms with van der Waals surface area (Å²) in [5.74, 6) is -0.284. The van der Waals surface area contributed by atoms with E-state index in [9.17, 15) is 4.39 Å². The number of rotatable bonds is 4. The lowest BCUT2D eigenvalue weighted by Crippen LogP contribution is -2.19. The molecule has 0 radical (unpaired) electrons. The van der Waals surface area contributed by atoms with Crippen LogP contribution in [0.3, 0.4) is 0 Å². The third-order valence-electron chi connectivity index (χ3n) is 2.99. The molecule has 0 bridgehead atoms. The molecule has 0 unspecified atom stereocenters. The van der Waals surface area contributed by atoms with Gasteiger partial charge in [0.1, 0.15) is 5.82 Å². The molecule has 1 aromatic heterocycles. The number of pyridine rings is 1. The van der Waals surface area contributed by atoms with Crippen molar-refractivity contribution in [3.63, 3.8) is 0 Å². The third-order valence-corrected chi connectivity index (χ3v) is 2.99. The van der Waals surface area contributed by atoms with Gasteiger partial charge in [-0.05, 0) is 44.3 Å². The minimum absolute atomic E-state index is 0.284. The molecular formula is C16H16FN3. The average molecular weight is 269 g/mol. The van der Waals surface area contributed by atoms with E-state index in [2.05, 4.69) is 4.98 Å². The first-order valence-corrected chi connectivity index (χ1v) is 6.38. The number of hydrogen-bond donors (Lipinski definition) is 0. The van der Waals surface area contributed by atoms with Gasteiger partial charge in [-0.3, -0.25) is 9.88 Å². The topological polar surface area (TPSA) is 39.9 Å². The molecule has 3 nitrogen and oxygen atoms in total. The second-order valence-electron chi connectivity index (χ2n) is 4.86. The normalized spacial score (nSPS) is 10.6. The minimum Gasteiger partial charge on any atom is -0.296 e. The number of hydrogen-bond acceptors (Lipinski definition) is 3. The summed E-state index contributed by atoms with van der Waals surface area (Å²) >= 11 is 0. The zero-order valence-corrected chi connectivity index (χ0v) is 11.6. The quantitative estimate of drug-likeness (QED) is 0.856. The average Bonchev–Trinajstić information content (AvgIpc) is 2.41. The van der Waals surface area contributed by atoms with E-state index in [1.165, 1.54) is 12.1 Å². The van der Waals surface area contributed by atoms with Crippen LogP contribution in [-0.2, 0) is 13.1 Å². The van der Waals surface area contributed by atoms with E-state index in [4.69, 9.17) is 5.26 Å². The highest BCUT2D eigenvalue weighted by molar-refractivity contribution is 5.33. The van der Waals surface area contributed by atoms with Crippen molar-refractivity contribution in [1.29, 1.82) is 5.26 Å². The highest BCUT2D eigenvalue weighted by atomic mass is 19.1. The largest absolute Gasteiger partial charge is 0.296 e. The molecule has 0 aliphatic heterocycles. The van der Waals surface area contributed by atoms with Gasteiger partial charge in [0.2, 0.25) is 0 Å². The lowest BCUT2D eigenvalue weighted by molar-refractivity contribution is 0.309. The molecule has 1 heterocycles. The number of aryl methyl sites for hydroxylation is 1. The van der Waals surface area contributed by atoms with Crippen LogP contribution in [0.25, 0.3) is 0 Å². The molecule has 0 saturated carbocycles. The van der Waals surface area contributed by atoms with Crippen molar-refractivity contribution in [2.24, 2.45) is 0 Å². The molecule has 1 aromatic carbocycles. The highest BCUT2D eigenvalue weighted by Crippen LogP contribution is 2.13. The molecule has 102 valence electrons. The van der Waals surface area contributed by atoms with Crippen LogP contribution in [-0.4, -0.2) is 16.9 Å². The van der Waals surface area contributed by atoms with Gasteiger partial charge in [0.15, 0.2) is 0 Å². The van der Waals surface area contributed by atoms with Crippen molar-refractivity contribution in [2.75, 3.05) is 7.05 Å². The molecule has 0 atom stereocenters. The molecular weight excluding hydrogens is 253 g/mol. The second kappa shape index (κ2) is 6.27. The van der Waals surface area contributed by atoms with E-state index in [1.54, 1.807) is 6.07 Å². The zero-order valence-electron chi connectivity index (χ0n) is 11.6. The fraction of sp³-hybridized carbons (Fsp3) is 0.250. The molecule has 0 aliphatic rings. The SMILES string of the molecule is Cc1cccc(CN(C)Cc2cc(C#N)ccc2F)n1. The van der Waals surface area contributed by atoms with Crippen LogP contribution in [0.5, 0.6) is 0 Å². The zero-order chi connectivity index (χ0) is 14.5. The predicted octanol–water partition coefficient (Wildman–Crippen LogP) is 3.03. The van der Waals surface area contributed by atoms with E-state index in [0.717, 1.165) is 11.4 Å². The summed E-state index contributed by atoms with van der Waals surface area (Å²) in [5.41, 5.74) is 2.92. The van der Waals surface area contributed by atoms with Crippen LogP contribution in [0.2, 0.25) is 0 Å². The van der Waals surface area contributed by atoms with Gasteiger partial charge in [-0.25, -0.2) is 4.39 Å². The van der Waals surface area contributed by atoms with Crippen LogP contribution in [0.15, 0.2) is 36.4 Å². The van der Waals surface area contributed by atoms with E-state index >= 15 is 0 Å². The highest BCUT2D eigenvalue weighted by Gasteiger charge is 2.08. The van der Waals surface area contributed by atoms with Gasteiger partial charge < -0.3 is 0 Å². The molecule has 0 saturated heterocycles. The van der Waals surface area contributed by atoms with Crippen LogP contribution in [0.1, 0.15) is 22.5 Å². The Morgan fingerprint density at radius 1 is 1.25 bits per heavy atom. The molecule has 2 aromatic rings. The Morgan fingerprint density at radius 2 is 2.05 bits per heavy atom. The standard InChI is InChI=1S/C16H16FN3/c1-12-4-3-5-15(19-12)11-20(2)10-14-8-13(9-18)6-7-16(14)17/h3-8H,10-11H2,1-2H3. The first-order valence-electron chi connectivity index (χ1n) is 6.38. The van der Waals surface area contributed by atoms with Crippen molar-refractivity contribution in [1.82, 2.24) is 9.88 Å². The number of nitriles is 1. The van der Waals surface area contributed by atoms with Crippen LogP contribution < -0.4 is 0 Å². The molecule has 4 heteroatoms. The van der Waals surface area contributed by atoms with E-state index in [-0.39, 0.29) is 5.82 Å². The van der Waals surface area contributed by atoms with Crippen molar-refractivity contribution in [3.8, 4) is 6.07 Å². The molecule has 20 heavy (non-hydrogen) atoms. The monoisotopic (exact) mass is 269 g/mol. The summed E-state index contributed by atoms with van der Waals surface area (Å²) in [6.45, 7) is 3.02. The molecule has 0 amide bonds. The second-order valence-corrected chi connectivity index (χ2v) is 4.86. The Kier molecular flexibility index (Phi) is 4.44. The smallest absolute Gasteiger partial charge is 0.127 e. The summed E-state index contributed by atoms with van der Waals surface area (Å²) in [5, 5.41) is 8.86. The summed E-state index contributed by atoms with van der Waals surface area (Å²) < 4.78 is 13.7. The van der Waals surface area contributed by atoms with Gasteiger partial charge in [0, 0.05) is 24.3 Å². The molecule has 0 fully saturated rings. The summed E-state index contributed by atoms with van der Waals surface area (Å²) in [6.07, 6.45) is 0. The van der Waals surface area contributed by atoms with Crippen LogP contribution >= 0.6 is 0 Å². The van der Waals surface area contributed by atoms with Crippen molar-refractivity contribution in [3.05, 3.63) is 64.7 Å². The van der Waals surface area contributed by atoms with Gasteiger partial charge in [0.05, 0.1) is 17.3 Å². The lowest BCUT2D eigenvalue weighted by atomic mass is 10.1.